The van der Waals surface area contributed by atoms with E-state index >= 15 is 0 Å². The molecule has 2 nitrogen and oxygen atoms in total. The lowest BCUT2D eigenvalue weighted by Crippen LogP contribution is -1.78. The van der Waals surface area contributed by atoms with E-state index in [0.29, 0.717) is 0 Å². The standard InChI is InChI=1S/C12H22.C2H4O2/c1-3-5-7-9-11-12-10-8-6-4-2;1-2(3)4/h3,7,9H,1,4-6,8,10-12H2,2H3;1H3,(H,3,4)/b9-7+;. The number of carboxylic acids is 1. The van der Waals surface area contributed by atoms with Gasteiger partial charge in [0.05, 0.1) is 0 Å². The van der Waals surface area contributed by atoms with E-state index in [1.54, 1.807) is 0 Å². The Hall–Kier alpha value is -1.05. The van der Waals surface area contributed by atoms with Gasteiger partial charge in [-0.15, -0.1) is 6.58 Å². The summed E-state index contributed by atoms with van der Waals surface area (Å²) >= 11 is 0. The molecule has 1 N–H and O–H groups in total. The molecule has 0 heterocycles. The van der Waals surface area contributed by atoms with Gasteiger partial charge in [-0.05, 0) is 19.3 Å². The van der Waals surface area contributed by atoms with E-state index < -0.39 is 5.97 Å². The van der Waals surface area contributed by atoms with Crippen molar-refractivity contribution in [3.8, 4) is 0 Å². The topological polar surface area (TPSA) is 37.3 Å². The molecule has 0 aliphatic carbocycles. The van der Waals surface area contributed by atoms with E-state index in [2.05, 4.69) is 25.7 Å². The SMILES string of the molecule is C=CC/C=C/CCCCCCC.CC(=O)O. The minimum absolute atomic E-state index is 0.833. The zero-order chi connectivity index (χ0) is 12.6. The first-order chi connectivity index (χ1) is 7.65. The zero-order valence-electron chi connectivity index (χ0n) is 10.7. The Labute approximate surface area is 100 Å². The molecule has 16 heavy (non-hydrogen) atoms. The molecule has 0 bridgehead atoms. The molecule has 0 amide bonds. The maximum atomic E-state index is 9.00. The van der Waals surface area contributed by atoms with Crippen molar-refractivity contribution in [1.29, 1.82) is 0 Å². The van der Waals surface area contributed by atoms with Crippen LogP contribution in [0, 0.1) is 0 Å². The van der Waals surface area contributed by atoms with Gasteiger partial charge in [0.25, 0.3) is 5.97 Å². The van der Waals surface area contributed by atoms with Crippen LogP contribution >= 0.6 is 0 Å². The van der Waals surface area contributed by atoms with Crippen LogP contribution < -0.4 is 0 Å². The first-order valence-electron chi connectivity index (χ1n) is 6.10. The van der Waals surface area contributed by atoms with Crippen LogP contribution in [0.25, 0.3) is 0 Å². The van der Waals surface area contributed by atoms with E-state index in [1.807, 2.05) is 6.08 Å². The molecule has 0 aliphatic rings. The van der Waals surface area contributed by atoms with E-state index in [9.17, 15) is 0 Å². The van der Waals surface area contributed by atoms with Crippen molar-refractivity contribution in [1.82, 2.24) is 0 Å². The normalized spacial score (nSPS) is 9.62. The van der Waals surface area contributed by atoms with Gasteiger partial charge in [-0.25, -0.2) is 0 Å². The molecule has 0 saturated heterocycles. The second kappa shape index (κ2) is 16.4. The summed E-state index contributed by atoms with van der Waals surface area (Å²) in [6.07, 6.45) is 15.6. The van der Waals surface area contributed by atoms with Crippen LogP contribution in [0.5, 0.6) is 0 Å². The van der Waals surface area contributed by atoms with Crippen molar-refractivity contribution >= 4 is 5.97 Å². The lowest BCUT2D eigenvalue weighted by Gasteiger charge is -1.95. The van der Waals surface area contributed by atoms with Gasteiger partial charge in [0.1, 0.15) is 0 Å². The molecule has 0 aromatic heterocycles. The van der Waals surface area contributed by atoms with Gasteiger partial charge in [0.15, 0.2) is 0 Å². The van der Waals surface area contributed by atoms with E-state index in [-0.39, 0.29) is 0 Å². The third-order valence-electron chi connectivity index (χ3n) is 1.94. The molecular weight excluding hydrogens is 200 g/mol. The fourth-order valence-corrected chi connectivity index (χ4v) is 1.18. The Balaban J connectivity index is 0. The largest absolute Gasteiger partial charge is 0.481 e. The summed E-state index contributed by atoms with van der Waals surface area (Å²) in [5.74, 6) is -0.833. The Kier molecular flexibility index (Phi) is 17.8. The van der Waals surface area contributed by atoms with E-state index in [4.69, 9.17) is 9.90 Å². The molecule has 0 atom stereocenters. The van der Waals surface area contributed by atoms with Gasteiger partial charge in [0, 0.05) is 6.92 Å². The molecular formula is C14H26O2. The van der Waals surface area contributed by atoms with Crippen molar-refractivity contribution < 1.29 is 9.90 Å². The zero-order valence-corrected chi connectivity index (χ0v) is 10.7. The van der Waals surface area contributed by atoms with Gasteiger partial charge in [-0.2, -0.15) is 0 Å². The van der Waals surface area contributed by atoms with Crippen molar-refractivity contribution in [3.05, 3.63) is 24.8 Å². The average molecular weight is 226 g/mol. The summed E-state index contributed by atoms with van der Waals surface area (Å²) in [5.41, 5.74) is 0. The number of carbonyl (C=O) groups is 1. The van der Waals surface area contributed by atoms with Crippen LogP contribution in [0.15, 0.2) is 24.8 Å². The van der Waals surface area contributed by atoms with Crippen LogP contribution in [-0.2, 0) is 4.79 Å². The van der Waals surface area contributed by atoms with Crippen molar-refractivity contribution in [2.24, 2.45) is 0 Å². The Morgan fingerprint density at radius 3 is 2.25 bits per heavy atom. The van der Waals surface area contributed by atoms with Crippen LogP contribution in [0.2, 0.25) is 0 Å². The molecule has 0 unspecified atom stereocenters. The van der Waals surface area contributed by atoms with Crippen LogP contribution in [0.1, 0.15) is 58.8 Å². The van der Waals surface area contributed by atoms with Crippen LogP contribution in [0.4, 0.5) is 0 Å². The Bertz CT molecular complexity index is 179. The first-order valence-corrected chi connectivity index (χ1v) is 6.10. The minimum atomic E-state index is -0.833. The highest BCUT2D eigenvalue weighted by Gasteiger charge is 1.85. The number of carboxylic acid groups (broad SMARTS) is 1. The number of aliphatic carboxylic acids is 1. The molecule has 0 saturated carbocycles. The molecule has 2 heteroatoms. The summed E-state index contributed by atoms with van der Waals surface area (Å²) in [6, 6.07) is 0. The second-order valence-electron chi connectivity index (χ2n) is 3.72. The monoisotopic (exact) mass is 226 g/mol. The highest BCUT2D eigenvalue weighted by atomic mass is 16.4. The van der Waals surface area contributed by atoms with E-state index in [1.165, 1.54) is 38.5 Å². The fraction of sp³-hybridized carbons (Fsp3) is 0.643. The summed E-state index contributed by atoms with van der Waals surface area (Å²) in [4.78, 5) is 9.00. The highest BCUT2D eigenvalue weighted by molar-refractivity contribution is 5.62. The van der Waals surface area contributed by atoms with Crippen molar-refractivity contribution in [2.75, 3.05) is 0 Å². The van der Waals surface area contributed by atoms with Crippen molar-refractivity contribution in [3.63, 3.8) is 0 Å². The van der Waals surface area contributed by atoms with Crippen molar-refractivity contribution in [2.45, 2.75) is 58.8 Å². The first kappa shape index (κ1) is 17.3. The van der Waals surface area contributed by atoms with Crippen LogP contribution in [0.3, 0.4) is 0 Å². The van der Waals surface area contributed by atoms with Gasteiger partial charge in [-0.1, -0.05) is 50.8 Å². The third kappa shape index (κ3) is 29.3. The van der Waals surface area contributed by atoms with E-state index in [0.717, 1.165) is 13.3 Å². The maximum absolute atomic E-state index is 9.00. The number of allylic oxidation sites excluding steroid dienone is 3. The molecule has 0 aromatic rings. The molecule has 0 radical (unpaired) electrons. The van der Waals surface area contributed by atoms with Crippen LogP contribution in [-0.4, -0.2) is 11.1 Å². The molecule has 0 aliphatic heterocycles. The number of hydrogen-bond donors (Lipinski definition) is 1. The summed E-state index contributed by atoms with van der Waals surface area (Å²) in [7, 11) is 0. The quantitative estimate of drug-likeness (QED) is 0.486. The molecule has 0 rings (SSSR count). The number of hydrogen-bond acceptors (Lipinski definition) is 1. The fourth-order valence-electron chi connectivity index (χ4n) is 1.18. The molecule has 0 fully saturated rings. The maximum Gasteiger partial charge on any atom is 0.300 e. The van der Waals surface area contributed by atoms with Gasteiger partial charge >= 0.3 is 0 Å². The Morgan fingerprint density at radius 2 is 1.75 bits per heavy atom. The predicted octanol–water partition coefficient (Wildman–Crippen LogP) is 4.57. The highest BCUT2D eigenvalue weighted by Crippen LogP contribution is 2.05. The summed E-state index contributed by atoms with van der Waals surface area (Å²) < 4.78 is 0. The average Bonchev–Trinajstić information content (AvgIpc) is 2.21. The number of rotatable bonds is 8. The minimum Gasteiger partial charge on any atom is -0.481 e. The Morgan fingerprint density at radius 1 is 1.19 bits per heavy atom. The molecule has 94 valence electrons. The predicted molar refractivity (Wildman–Crippen MR) is 70.6 cm³/mol. The lowest BCUT2D eigenvalue weighted by atomic mass is 10.1. The van der Waals surface area contributed by atoms with Gasteiger partial charge in [-0.3, -0.25) is 4.79 Å². The molecule has 0 aromatic carbocycles. The van der Waals surface area contributed by atoms with Gasteiger partial charge < -0.3 is 5.11 Å². The summed E-state index contributed by atoms with van der Waals surface area (Å²) in [5, 5.41) is 7.42. The number of unbranched alkanes of at least 4 members (excludes halogenated alkanes) is 5. The lowest BCUT2D eigenvalue weighted by molar-refractivity contribution is -0.134. The molecule has 0 spiro atoms. The second-order valence-corrected chi connectivity index (χ2v) is 3.72. The third-order valence-corrected chi connectivity index (χ3v) is 1.94. The smallest absolute Gasteiger partial charge is 0.300 e. The summed E-state index contributed by atoms with van der Waals surface area (Å²) in [6.45, 7) is 7.01. The van der Waals surface area contributed by atoms with Gasteiger partial charge in [0.2, 0.25) is 0 Å².